The predicted molar refractivity (Wildman–Crippen MR) is 106 cm³/mol. The Labute approximate surface area is 161 Å². The van der Waals surface area contributed by atoms with E-state index in [-0.39, 0.29) is 12.3 Å². The number of rotatable bonds is 7. The molecule has 0 spiro atoms. The highest BCUT2D eigenvalue weighted by Crippen LogP contribution is 2.27. The van der Waals surface area contributed by atoms with Gasteiger partial charge in [-0.3, -0.25) is 0 Å². The normalized spacial score (nSPS) is 17.6. The number of hydrogen-bond acceptors (Lipinski definition) is 4. The lowest BCUT2D eigenvalue weighted by atomic mass is 9.85. The fraction of sp³-hybridized carbons (Fsp3) is 0.632. The number of hydrogen-bond donors (Lipinski definition) is 3. The molecule has 1 aliphatic rings. The van der Waals surface area contributed by atoms with Crippen LogP contribution in [0, 0.1) is 5.82 Å². The summed E-state index contributed by atoms with van der Waals surface area (Å²) in [6.07, 6.45) is 5.87. The van der Waals surface area contributed by atoms with E-state index in [1.807, 2.05) is 6.92 Å². The van der Waals surface area contributed by atoms with Gasteiger partial charge in [0.1, 0.15) is 5.82 Å². The highest BCUT2D eigenvalue weighted by Gasteiger charge is 2.29. The average Bonchev–Trinajstić information content (AvgIpc) is 2.59. The number of nitrogens with one attached hydrogen (secondary N) is 2. The zero-order valence-corrected chi connectivity index (χ0v) is 16.9. The first-order valence-corrected chi connectivity index (χ1v) is 11.5. The van der Waals surface area contributed by atoms with Gasteiger partial charge in [-0.2, -0.15) is 0 Å². The molecular formula is C19H30FN3O3S. The van der Waals surface area contributed by atoms with Gasteiger partial charge in [-0.05, 0) is 43.0 Å². The lowest BCUT2D eigenvalue weighted by molar-refractivity contribution is 0.00859. The molecule has 1 aromatic carbocycles. The first-order valence-electron chi connectivity index (χ1n) is 9.40. The van der Waals surface area contributed by atoms with Crippen molar-refractivity contribution in [3.63, 3.8) is 0 Å². The molecular weight excluding hydrogens is 369 g/mol. The first kappa shape index (κ1) is 21.6. The van der Waals surface area contributed by atoms with Gasteiger partial charge in [-0.15, -0.1) is 0 Å². The second-order valence-electron chi connectivity index (χ2n) is 7.32. The molecule has 8 heteroatoms. The SMILES string of the molecule is CCNC(=NCc1cc(F)ccc1CS(C)(=O)=O)NCC1(O)CCCCC1. The average molecular weight is 400 g/mol. The Bertz CT molecular complexity index is 759. The molecule has 0 aliphatic heterocycles. The fourth-order valence-corrected chi connectivity index (χ4v) is 4.15. The smallest absolute Gasteiger partial charge is 0.191 e. The molecule has 0 bridgehead atoms. The zero-order valence-electron chi connectivity index (χ0n) is 16.1. The van der Waals surface area contributed by atoms with Crippen molar-refractivity contribution in [1.82, 2.24) is 10.6 Å². The summed E-state index contributed by atoms with van der Waals surface area (Å²) in [7, 11) is -3.23. The molecule has 6 nitrogen and oxygen atoms in total. The van der Waals surface area contributed by atoms with Crippen LogP contribution in [0.15, 0.2) is 23.2 Å². The van der Waals surface area contributed by atoms with E-state index in [1.165, 1.54) is 18.2 Å². The van der Waals surface area contributed by atoms with Gasteiger partial charge in [-0.25, -0.2) is 17.8 Å². The molecule has 1 saturated carbocycles. The van der Waals surface area contributed by atoms with E-state index in [4.69, 9.17) is 0 Å². The monoisotopic (exact) mass is 399 g/mol. The van der Waals surface area contributed by atoms with Gasteiger partial charge in [0.2, 0.25) is 0 Å². The van der Waals surface area contributed by atoms with Crippen molar-refractivity contribution in [3.05, 3.63) is 35.1 Å². The molecule has 2 rings (SSSR count). The number of nitrogens with zero attached hydrogens (tertiary/aromatic N) is 1. The van der Waals surface area contributed by atoms with Gasteiger partial charge < -0.3 is 15.7 Å². The van der Waals surface area contributed by atoms with Crippen LogP contribution in [0.1, 0.15) is 50.2 Å². The minimum Gasteiger partial charge on any atom is -0.388 e. The molecule has 0 radical (unpaired) electrons. The van der Waals surface area contributed by atoms with Crippen molar-refractivity contribution in [2.75, 3.05) is 19.3 Å². The third-order valence-electron chi connectivity index (χ3n) is 4.71. The van der Waals surface area contributed by atoms with Crippen molar-refractivity contribution >= 4 is 15.8 Å². The lowest BCUT2D eigenvalue weighted by Crippen LogP contribution is -2.48. The summed E-state index contributed by atoms with van der Waals surface area (Å²) < 4.78 is 36.9. The topological polar surface area (TPSA) is 90.8 Å². The maximum atomic E-state index is 13.6. The second-order valence-corrected chi connectivity index (χ2v) is 9.46. The summed E-state index contributed by atoms with van der Waals surface area (Å²) in [5, 5.41) is 16.9. The van der Waals surface area contributed by atoms with Crippen molar-refractivity contribution in [1.29, 1.82) is 0 Å². The number of guanidine groups is 1. The van der Waals surface area contributed by atoms with Crippen LogP contribution in [0.4, 0.5) is 4.39 Å². The highest BCUT2D eigenvalue weighted by molar-refractivity contribution is 7.89. The van der Waals surface area contributed by atoms with Gasteiger partial charge >= 0.3 is 0 Å². The van der Waals surface area contributed by atoms with Crippen LogP contribution in [0.5, 0.6) is 0 Å². The molecule has 0 amide bonds. The highest BCUT2D eigenvalue weighted by atomic mass is 32.2. The van der Waals surface area contributed by atoms with E-state index >= 15 is 0 Å². The van der Waals surface area contributed by atoms with Crippen LogP contribution in [-0.4, -0.2) is 44.4 Å². The van der Waals surface area contributed by atoms with Crippen LogP contribution < -0.4 is 10.6 Å². The Hall–Kier alpha value is -1.67. The number of benzene rings is 1. The molecule has 27 heavy (non-hydrogen) atoms. The van der Waals surface area contributed by atoms with Crippen LogP contribution in [0.25, 0.3) is 0 Å². The quantitative estimate of drug-likeness (QED) is 0.483. The van der Waals surface area contributed by atoms with Crippen molar-refractivity contribution < 1.29 is 17.9 Å². The molecule has 1 aliphatic carbocycles. The third-order valence-corrected chi connectivity index (χ3v) is 5.54. The summed E-state index contributed by atoms with van der Waals surface area (Å²) in [5.74, 6) is -0.0556. The van der Waals surface area contributed by atoms with E-state index < -0.39 is 21.3 Å². The standard InChI is InChI=1S/C19H30FN3O3S/c1-3-21-18(23-14-19(24)9-5-4-6-10-19)22-12-16-11-17(20)8-7-15(16)13-27(2,25)26/h7-8,11,24H,3-6,9-10,12-14H2,1-2H3,(H2,21,22,23). The number of sulfone groups is 1. The summed E-state index contributed by atoms with van der Waals surface area (Å²) in [4.78, 5) is 4.45. The van der Waals surface area contributed by atoms with E-state index in [0.717, 1.165) is 38.4 Å². The molecule has 0 aromatic heterocycles. The van der Waals surface area contributed by atoms with E-state index in [1.54, 1.807) is 0 Å². The Morgan fingerprint density at radius 1 is 1.22 bits per heavy atom. The molecule has 0 saturated heterocycles. The van der Waals surface area contributed by atoms with Gasteiger partial charge in [0, 0.05) is 19.3 Å². The summed E-state index contributed by atoms with van der Waals surface area (Å²) >= 11 is 0. The summed E-state index contributed by atoms with van der Waals surface area (Å²) in [6.45, 7) is 3.13. The Balaban J connectivity index is 2.10. The zero-order chi connectivity index (χ0) is 19.9. The number of halogens is 1. The number of aliphatic hydroxyl groups is 1. The molecule has 0 atom stereocenters. The van der Waals surface area contributed by atoms with E-state index in [2.05, 4.69) is 15.6 Å². The molecule has 152 valence electrons. The van der Waals surface area contributed by atoms with Gasteiger partial charge in [0.05, 0.1) is 17.9 Å². The van der Waals surface area contributed by atoms with Crippen molar-refractivity contribution in [3.8, 4) is 0 Å². The summed E-state index contributed by atoms with van der Waals surface area (Å²) in [6, 6.07) is 4.07. The van der Waals surface area contributed by atoms with E-state index in [9.17, 15) is 17.9 Å². The molecule has 0 heterocycles. The first-order chi connectivity index (χ1) is 12.7. The Morgan fingerprint density at radius 3 is 2.56 bits per heavy atom. The third kappa shape index (κ3) is 7.46. The van der Waals surface area contributed by atoms with Crippen LogP contribution >= 0.6 is 0 Å². The van der Waals surface area contributed by atoms with Gasteiger partial charge in [-0.1, -0.05) is 25.3 Å². The van der Waals surface area contributed by atoms with Crippen LogP contribution in [0.3, 0.4) is 0 Å². The second kappa shape index (κ2) is 9.50. The van der Waals surface area contributed by atoms with Crippen LogP contribution in [-0.2, 0) is 22.1 Å². The maximum absolute atomic E-state index is 13.6. The van der Waals surface area contributed by atoms with Gasteiger partial charge in [0.15, 0.2) is 15.8 Å². The largest absolute Gasteiger partial charge is 0.388 e. The van der Waals surface area contributed by atoms with E-state index in [0.29, 0.717) is 30.2 Å². The molecule has 0 unspecified atom stereocenters. The summed E-state index contributed by atoms with van der Waals surface area (Å²) in [5.41, 5.74) is 0.354. The molecule has 3 N–H and O–H groups in total. The fourth-order valence-electron chi connectivity index (χ4n) is 3.31. The minimum atomic E-state index is -3.23. The number of aliphatic imine (C=N–C) groups is 1. The van der Waals surface area contributed by atoms with Gasteiger partial charge in [0.25, 0.3) is 0 Å². The van der Waals surface area contributed by atoms with Crippen molar-refractivity contribution in [2.24, 2.45) is 4.99 Å². The lowest BCUT2D eigenvalue weighted by Gasteiger charge is -2.32. The maximum Gasteiger partial charge on any atom is 0.191 e. The van der Waals surface area contributed by atoms with Crippen molar-refractivity contribution in [2.45, 2.75) is 56.9 Å². The molecule has 1 fully saturated rings. The Morgan fingerprint density at radius 2 is 1.93 bits per heavy atom. The minimum absolute atomic E-state index is 0.149. The molecule has 1 aromatic rings. The van der Waals surface area contributed by atoms with Crippen LogP contribution in [0.2, 0.25) is 0 Å². The Kier molecular flexibility index (Phi) is 7.61. The predicted octanol–water partition coefficient (Wildman–Crippen LogP) is 2.12.